The molecule has 1 heterocycles. The van der Waals surface area contributed by atoms with Crippen molar-refractivity contribution in [1.82, 2.24) is 0 Å². The van der Waals surface area contributed by atoms with Gasteiger partial charge in [-0.25, -0.2) is 0 Å². The highest BCUT2D eigenvalue weighted by Gasteiger charge is 2.51. The van der Waals surface area contributed by atoms with Crippen LogP contribution in [-0.2, 0) is 22.8 Å². The van der Waals surface area contributed by atoms with E-state index >= 15 is 0 Å². The van der Waals surface area contributed by atoms with Crippen LogP contribution in [0.15, 0.2) is 0 Å². The van der Waals surface area contributed by atoms with Gasteiger partial charge in [0, 0.05) is 19.8 Å². The Morgan fingerprint density at radius 3 is 1.67 bits per heavy atom. The zero-order valence-electron chi connectivity index (χ0n) is 18.3. The van der Waals surface area contributed by atoms with Crippen LogP contribution in [0.5, 0.6) is 0 Å². The quantitative estimate of drug-likeness (QED) is 0.157. The van der Waals surface area contributed by atoms with Crippen LogP contribution < -0.4 is 0 Å². The minimum Gasteiger partial charge on any atom is -0.372 e. The van der Waals surface area contributed by atoms with Gasteiger partial charge in [-0.05, 0) is 25.7 Å². The maximum absolute atomic E-state index is 6.44. The first-order valence-electron chi connectivity index (χ1n) is 11.4. The summed E-state index contributed by atoms with van der Waals surface area (Å²) in [6.07, 6.45) is 11.1. The minimum atomic E-state index is -2.90. The van der Waals surface area contributed by atoms with E-state index in [1.54, 1.807) is 0 Å². The summed E-state index contributed by atoms with van der Waals surface area (Å²) < 4.78 is 31.0. The van der Waals surface area contributed by atoms with Gasteiger partial charge in [-0.15, -0.1) is 0 Å². The van der Waals surface area contributed by atoms with E-state index in [1.165, 1.54) is 12.8 Å². The van der Waals surface area contributed by atoms with E-state index in [2.05, 4.69) is 27.7 Å². The molecule has 0 amide bonds. The van der Waals surface area contributed by atoms with Crippen molar-refractivity contribution in [2.45, 2.75) is 104 Å². The van der Waals surface area contributed by atoms with Crippen LogP contribution >= 0.6 is 0 Å². The molecule has 0 aromatic carbocycles. The molecule has 2 unspecified atom stereocenters. The highest BCUT2D eigenvalue weighted by Crippen LogP contribution is 2.26. The van der Waals surface area contributed by atoms with Gasteiger partial charge in [0.2, 0.25) is 0 Å². The Morgan fingerprint density at radius 2 is 1.26 bits per heavy atom. The molecule has 2 atom stereocenters. The third-order valence-corrected chi connectivity index (χ3v) is 7.82. The van der Waals surface area contributed by atoms with E-state index in [1.807, 2.05) is 0 Å². The number of rotatable bonds is 20. The minimum absolute atomic E-state index is 0.0844. The van der Waals surface area contributed by atoms with Gasteiger partial charge in [-0.2, -0.15) is 0 Å². The Balaban J connectivity index is 2.87. The molecule has 1 rings (SSSR count). The molecule has 0 radical (unpaired) electrons. The van der Waals surface area contributed by atoms with Crippen molar-refractivity contribution in [3.05, 3.63) is 0 Å². The Bertz CT molecular complexity index is 312. The highest BCUT2D eigenvalue weighted by atomic mass is 28.4. The van der Waals surface area contributed by atoms with Crippen LogP contribution in [0.25, 0.3) is 0 Å². The second kappa shape index (κ2) is 15.9. The van der Waals surface area contributed by atoms with Gasteiger partial charge in [0.25, 0.3) is 0 Å². The standard InChI is InChI=1S/C21H44O5Si/c1-5-9-13-14-21(23-19-20-18-22-20)27(24-15-10-6-2,25-16-11-7-3)26-17-12-8-4/h20-21H,5-19H2,1-4H3. The van der Waals surface area contributed by atoms with E-state index < -0.39 is 8.80 Å². The van der Waals surface area contributed by atoms with E-state index in [4.69, 9.17) is 22.8 Å². The number of ether oxygens (including phenoxy) is 2. The second-order valence-electron chi connectivity index (χ2n) is 7.48. The molecule has 162 valence electrons. The van der Waals surface area contributed by atoms with Crippen LogP contribution in [0.2, 0.25) is 0 Å². The fraction of sp³-hybridized carbons (Fsp3) is 1.00. The molecule has 0 bridgehead atoms. The van der Waals surface area contributed by atoms with Gasteiger partial charge >= 0.3 is 8.80 Å². The number of unbranched alkanes of at least 4 members (excludes halogenated alkanes) is 5. The lowest BCUT2D eigenvalue weighted by Crippen LogP contribution is -2.58. The molecule has 1 saturated heterocycles. The largest absolute Gasteiger partial charge is 0.531 e. The molecule has 27 heavy (non-hydrogen) atoms. The lowest BCUT2D eigenvalue weighted by molar-refractivity contribution is -0.0236. The summed E-state index contributed by atoms with van der Waals surface area (Å²) in [5.74, 6) is 0. The summed E-state index contributed by atoms with van der Waals surface area (Å²) in [6, 6.07) is 0. The first-order chi connectivity index (χ1) is 13.2. The summed E-state index contributed by atoms with van der Waals surface area (Å²) in [4.78, 5) is 0. The van der Waals surface area contributed by atoms with Crippen LogP contribution in [0.4, 0.5) is 0 Å². The molecule has 1 fully saturated rings. The Morgan fingerprint density at radius 1 is 0.778 bits per heavy atom. The smallest absolute Gasteiger partial charge is 0.372 e. The average molecular weight is 405 g/mol. The third kappa shape index (κ3) is 11.0. The molecular formula is C21H44O5Si. The molecule has 0 aromatic rings. The number of hydrogen-bond acceptors (Lipinski definition) is 5. The zero-order valence-corrected chi connectivity index (χ0v) is 19.3. The first kappa shape index (κ1) is 25.1. The van der Waals surface area contributed by atoms with Crippen molar-refractivity contribution < 1.29 is 22.8 Å². The SMILES string of the molecule is CCCCCC(OCC1CO1)[Si](OCCCC)(OCCCC)OCCCC. The van der Waals surface area contributed by atoms with Crippen molar-refractivity contribution in [3.63, 3.8) is 0 Å². The number of epoxide rings is 1. The van der Waals surface area contributed by atoms with Crippen molar-refractivity contribution >= 4 is 8.80 Å². The maximum Gasteiger partial charge on any atom is 0.531 e. The molecule has 0 saturated carbocycles. The lowest BCUT2D eigenvalue weighted by atomic mass is 10.2. The van der Waals surface area contributed by atoms with E-state index in [0.717, 1.165) is 58.0 Å². The Kier molecular flexibility index (Phi) is 14.7. The van der Waals surface area contributed by atoms with E-state index in [0.29, 0.717) is 26.4 Å². The topological polar surface area (TPSA) is 49.5 Å². The summed E-state index contributed by atoms with van der Waals surface area (Å²) in [5, 5.41) is 0. The van der Waals surface area contributed by atoms with Crippen molar-refractivity contribution in [3.8, 4) is 0 Å². The molecule has 6 heteroatoms. The average Bonchev–Trinajstić information content (AvgIpc) is 3.49. The van der Waals surface area contributed by atoms with Gasteiger partial charge in [-0.3, -0.25) is 0 Å². The second-order valence-corrected chi connectivity index (χ2v) is 10.2. The highest BCUT2D eigenvalue weighted by molar-refractivity contribution is 6.62. The van der Waals surface area contributed by atoms with Crippen LogP contribution in [0.1, 0.15) is 91.9 Å². The zero-order chi connectivity index (χ0) is 19.8. The Hall–Kier alpha value is 0.0169. The summed E-state index contributed by atoms with van der Waals surface area (Å²) in [7, 11) is -2.90. The van der Waals surface area contributed by atoms with Gasteiger partial charge in [0.1, 0.15) is 11.8 Å². The van der Waals surface area contributed by atoms with Gasteiger partial charge in [0.15, 0.2) is 0 Å². The van der Waals surface area contributed by atoms with Crippen molar-refractivity contribution in [2.75, 3.05) is 33.0 Å². The normalized spacial score (nSPS) is 18.0. The monoisotopic (exact) mass is 404 g/mol. The van der Waals surface area contributed by atoms with Crippen molar-refractivity contribution in [2.24, 2.45) is 0 Å². The van der Waals surface area contributed by atoms with Crippen LogP contribution in [-0.4, -0.2) is 53.7 Å². The van der Waals surface area contributed by atoms with Gasteiger partial charge in [0.05, 0.1) is 13.2 Å². The maximum atomic E-state index is 6.44. The van der Waals surface area contributed by atoms with Crippen LogP contribution in [0, 0.1) is 0 Å². The first-order valence-corrected chi connectivity index (χ1v) is 13.2. The molecule has 1 aliphatic heterocycles. The summed E-state index contributed by atoms with van der Waals surface area (Å²) >= 11 is 0. The van der Waals surface area contributed by atoms with E-state index in [9.17, 15) is 0 Å². The summed E-state index contributed by atoms with van der Waals surface area (Å²) in [5.41, 5.74) is -0.0844. The fourth-order valence-corrected chi connectivity index (χ4v) is 5.76. The third-order valence-electron chi connectivity index (χ3n) is 4.75. The van der Waals surface area contributed by atoms with Gasteiger partial charge < -0.3 is 22.8 Å². The molecule has 0 N–H and O–H groups in total. The van der Waals surface area contributed by atoms with E-state index in [-0.39, 0.29) is 11.8 Å². The Labute approximate surface area is 168 Å². The predicted molar refractivity (Wildman–Crippen MR) is 112 cm³/mol. The molecule has 5 nitrogen and oxygen atoms in total. The molecule has 0 aliphatic carbocycles. The van der Waals surface area contributed by atoms with Crippen molar-refractivity contribution in [1.29, 1.82) is 0 Å². The lowest BCUT2D eigenvalue weighted by Gasteiger charge is -2.36. The fourth-order valence-electron chi connectivity index (χ4n) is 2.81. The molecule has 0 aromatic heterocycles. The predicted octanol–water partition coefficient (Wildman–Crippen LogP) is 5.28. The molecule has 0 spiro atoms. The number of hydrogen-bond donors (Lipinski definition) is 0. The van der Waals surface area contributed by atoms with Gasteiger partial charge in [-0.1, -0.05) is 66.2 Å². The molecule has 1 aliphatic rings. The molecular weight excluding hydrogens is 360 g/mol. The summed E-state index contributed by atoms with van der Waals surface area (Å²) in [6.45, 7) is 12.3. The van der Waals surface area contributed by atoms with Crippen LogP contribution in [0.3, 0.4) is 0 Å².